The van der Waals surface area contributed by atoms with Gasteiger partial charge in [0.1, 0.15) is 5.75 Å². The van der Waals surface area contributed by atoms with E-state index in [9.17, 15) is 4.79 Å². The van der Waals surface area contributed by atoms with E-state index < -0.39 is 0 Å². The first-order chi connectivity index (χ1) is 17.2. The summed E-state index contributed by atoms with van der Waals surface area (Å²) >= 11 is 1.78. The van der Waals surface area contributed by atoms with E-state index in [0.717, 1.165) is 47.9 Å². The Hall–Kier alpha value is -2.76. The van der Waals surface area contributed by atoms with Crippen LogP contribution in [0.1, 0.15) is 52.4 Å². The minimum atomic E-state index is -0.0281. The second-order valence-corrected chi connectivity index (χ2v) is 10.5. The smallest absolute Gasteiger partial charge is 0.255 e. The Bertz CT molecular complexity index is 1160. The maximum absolute atomic E-state index is 13.4. The first kappa shape index (κ1) is 24.0. The second-order valence-electron chi connectivity index (χ2n) is 9.49. The summed E-state index contributed by atoms with van der Waals surface area (Å²) < 4.78 is 5.90. The molecular weight excluding hydrogens is 452 g/mol. The summed E-state index contributed by atoms with van der Waals surface area (Å²) in [7, 11) is 0. The Labute approximate surface area is 213 Å². The van der Waals surface area contributed by atoms with Gasteiger partial charge in [0.05, 0.1) is 12.2 Å². The highest BCUT2D eigenvalue weighted by molar-refractivity contribution is 7.98. The number of hydrogen-bond acceptors (Lipinski definition) is 4. The molecule has 0 aromatic heterocycles. The van der Waals surface area contributed by atoms with Gasteiger partial charge in [-0.05, 0) is 53.8 Å². The first-order valence-corrected chi connectivity index (χ1v) is 13.8. The van der Waals surface area contributed by atoms with Gasteiger partial charge in [-0.3, -0.25) is 9.69 Å². The van der Waals surface area contributed by atoms with Gasteiger partial charge in [0, 0.05) is 36.2 Å². The monoisotopic (exact) mass is 486 g/mol. The van der Waals surface area contributed by atoms with Crippen LogP contribution in [-0.4, -0.2) is 36.5 Å². The number of unbranched alkanes of at least 4 members (excludes halogenated alkanes) is 1. The van der Waals surface area contributed by atoms with Gasteiger partial charge in [0.25, 0.3) is 5.91 Å². The van der Waals surface area contributed by atoms with Gasteiger partial charge in [-0.15, -0.1) is 11.8 Å². The number of amides is 1. The van der Waals surface area contributed by atoms with Crippen LogP contribution in [0.2, 0.25) is 0 Å². The fourth-order valence-electron chi connectivity index (χ4n) is 5.04. The lowest BCUT2D eigenvalue weighted by Gasteiger charge is -2.37. The molecule has 5 heteroatoms. The van der Waals surface area contributed by atoms with Gasteiger partial charge in [0.2, 0.25) is 0 Å². The van der Waals surface area contributed by atoms with Crippen molar-refractivity contribution < 1.29 is 9.53 Å². The fraction of sp³-hybridized carbons (Fsp3) is 0.367. The number of fused-ring (bicyclic) bond motifs is 2. The molecule has 0 bridgehead atoms. The van der Waals surface area contributed by atoms with Crippen LogP contribution in [0.3, 0.4) is 0 Å². The normalized spacial score (nSPS) is 16.9. The zero-order valence-electron chi connectivity index (χ0n) is 20.5. The van der Waals surface area contributed by atoms with Gasteiger partial charge < -0.3 is 10.1 Å². The van der Waals surface area contributed by atoms with Crippen LogP contribution in [0.4, 0.5) is 0 Å². The lowest BCUT2D eigenvalue weighted by Crippen LogP contribution is -2.47. The van der Waals surface area contributed by atoms with Crippen LogP contribution in [0.25, 0.3) is 0 Å². The number of carbonyl (C=O) groups is 1. The maximum atomic E-state index is 13.4. The highest BCUT2D eigenvalue weighted by atomic mass is 32.2. The number of nitrogens with zero attached hydrogens (tertiary/aromatic N) is 1. The number of hydrogen-bond donors (Lipinski definition) is 1. The van der Waals surface area contributed by atoms with E-state index in [0.29, 0.717) is 24.8 Å². The van der Waals surface area contributed by atoms with Crippen LogP contribution < -0.4 is 10.1 Å². The molecule has 0 radical (unpaired) electrons. The predicted octanol–water partition coefficient (Wildman–Crippen LogP) is 5.87. The number of ether oxygens (including phenoxy) is 1. The van der Waals surface area contributed by atoms with Gasteiger partial charge in [-0.2, -0.15) is 0 Å². The highest BCUT2D eigenvalue weighted by Gasteiger charge is 2.27. The van der Waals surface area contributed by atoms with Crippen molar-refractivity contribution in [2.24, 2.45) is 0 Å². The summed E-state index contributed by atoms with van der Waals surface area (Å²) in [6, 6.07) is 23.7. The minimum absolute atomic E-state index is 0.0281. The topological polar surface area (TPSA) is 41.6 Å². The third-order valence-corrected chi connectivity index (χ3v) is 8.06. The molecule has 3 aromatic rings. The van der Waals surface area contributed by atoms with Crippen molar-refractivity contribution in [3.8, 4) is 5.75 Å². The average molecular weight is 487 g/mol. The molecule has 0 aliphatic carbocycles. The minimum Gasteiger partial charge on any atom is -0.492 e. The van der Waals surface area contributed by atoms with Crippen LogP contribution >= 0.6 is 11.8 Å². The molecule has 1 atom stereocenters. The SMILES string of the molecule is CCCCN1Cc2ccccc2C[C@H]1CNC(=O)c1cc(SCc2ccccc2)cc2c1OCC2. The van der Waals surface area contributed by atoms with E-state index in [1.54, 1.807) is 11.8 Å². The van der Waals surface area contributed by atoms with Crippen molar-refractivity contribution in [3.05, 3.63) is 94.5 Å². The molecule has 0 fully saturated rings. The highest BCUT2D eigenvalue weighted by Crippen LogP contribution is 2.35. The summed E-state index contributed by atoms with van der Waals surface area (Å²) in [4.78, 5) is 17.1. The zero-order chi connectivity index (χ0) is 24.0. The summed E-state index contributed by atoms with van der Waals surface area (Å²) in [5, 5.41) is 3.27. The Morgan fingerprint density at radius 1 is 1.06 bits per heavy atom. The van der Waals surface area contributed by atoms with Crippen molar-refractivity contribution in [2.75, 3.05) is 19.7 Å². The van der Waals surface area contributed by atoms with Crippen molar-refractivity contribution >= 4 is 17.7 Å². The molecule has 2 heterocycles. The van der Waals surface area contributed by atoms with Crippen LogP contribution in [0, 0.1) is 0 Å². The molecular formula is C30H34N2O2S. The fourth-order valence-corrected chi connectivity index (χ4v) is 6.00. The standard InChI is InChI=1S/C30H34N2O2S/c1-2-3-14-32-20-25-12-8-7-11-23(25)16-26(32)19-31-30(33)28-18-27(17-24-13-15-34-29(24)28)35-21-22-9-5-4-6-10-22/h4-12,17-18,26H,2-3,13-16,19-21H2,1H3,(H,31,33)/t26-/m0/s1. The van der Waals surface area contributed by atoms with Crippen molar-refractivity contribution in [3.63, 3.8) is 0 Å². The zero-order valence-corrected chi connectivity index (χ0v) is 21.3. The number of carbonyl (C=O) groups excluding carboxylic acids is 1. The molecule has 1 amide bonds. The van der Waals surface area contributed by atoms with Crippen LogP contribution in [0.15, 0.2) is 71.6 Å². The van der Waals surface area contributed by atoms with Crippen LogP contribution in [0.5, 0.6) is 5.75 Å². The molecule has 2 aliphatic rings. The average Bonchev–Trinajstić information content (AvgIpc) is 3.38. The molecule has 3 aromatic carbocycles. The van der Waals surface area contributed by atoms with Crippen molar-refractivity contribution in [1.29, 1.82) is 0 Å². The van der Waals surface area contributed by atoms with E-state index in [2.05, 4.69) is 71.7 Å². The second kappa shape index (κ2) is 11.3. The van der Waals surface area contributed by atoms with E-state index in [1.165, 1.54) is 29.5 Å². The molecule has 1 N–H and O–H groups in total. The largest absolute Gasteiger partial charge is 0.492 e. The molecule has 4 nitrogen and oxygen atoms in total. The lowest BCUT2D eigenvalue weighted by atomic mass is 9.93. The first-order valence-electron chi connectivity index (χ1n) is 12.8. The van der Waals surface area contributed by atoms with E-state index in [4.69, 9.17) is 4.74 Å². The van der Waals surface area contributed by atoms with Gasteiger partial charge in [0.15, 0.2) is 0 Å². The van der Waals surface area contributed by atoms with Crippen LogP contribution in [-0.2, 0) is 25.1 Å². The van der Waals surface area contributed by atoms with Crippen molar-refractivity contribution in [2.45, 2.75) is 55.8 Å². The number of thioether (sulfide) groups is 1. The molecule has 0 unspecified atom stereocenters. The summed E-state index contributed by atoms with van der Waals surface area (Å²) in [6.07, 6.45) is 4.18. The molecule has 35 heavy (non-hydrogen) atoms. The van der Waals surface area contributed by atoms with Gasteiger partial charge in [-0.1, -0.05) is 67.9 Å². The quantitative estimate of drug-likeness (QED) is 0.384. The summed E-state index contributed by atoms with van der Waals surface area (Å²) in [6.45, 7) is 5.55. The Morgan fingerprint density at radius 2 is 1.86 bits per heavy atom. The van der Waals surface area contributed by atoms with E-state index in [-0.39, 0.29) is 5.91 Å². The number of benzene rings is 3. The Morgan fingerprint density at radius 3 is 2.69 bits per heavy atom. The van der Waals surface area contributed by atoms with E-state index in [1.807, 2.05) is 12.1 Å². The molecule has 5 rings (SSSR count). The number of rotatable bonds is 9. The lowest BCUT2D eigenvalue weighted by molar-refractivity contribution is 0.0921. The molecule has 0 spiro atoms. The third kappa shape index (κ3) is 5.74. The van der Waals surface area contributed by atoms with E-state index >= 15 is 0 Å². The Balaban J connectivity index is 1.29. The molecule has 0 saturated carbocycles. The molecule has 2 aliphatic heterocycles. The predicted molar refractivity (Wildman–Crippen MR) is 143 cm³/mol. The van der Waals surface area contributed by atoms with Crippen molar-refractivity contribution in [1.82, 2.24) is 10.2 Å². The number of nitrogens with one attached hydrogen (secondary N) is 1. The summed E-state index contributed by atoms with van der Waals surface area (Å²) in [5.74, 6) is 1.62. The third-order valence-electron chi connectivity index (χ3n) is 7.01. The van der Waals surface area contributed by atoms with Gasteiger partial charge in [-0.25, -0.2) is 0 Å². The summed E-state index contributed by atoms with van der Waals surface area (Å²) in [5.41, 5.74) is 5.92. The molecule has 182 valence electrons. The Kier molecular flexibility index (Phi) is 7.75. The maximum Gasteiger partial charge on any atom is 0.255 e. The van der Waals surface area contributed by atoms with Gasteiger partial charge >= 0.3 is 0 Å². The molecule has 0 saturated heterocycles.